The van der Waals surface area contributed by atoms with Crippen LogP contribution in [-0.2, 0) is 12.4 Å². The Morgan fingerprint density at radius 1 is 1.16 bits per heavy atom. The number of methoxy groups -OCH3 is 1. The lowest BCUT2D eigenvalue weighted by Gasteiger charge is -2.19. The lowest BCUT2D eigenvalue weighted by Crippen LogP contribution is -2.11. The topological polar surface area (TPSA) is 47.3 Å². The molecule has 1 heterocycles. The second-order valence-corrected chi connectivity index (χ2v) is 6.73. The third-order valence-electron chi connectivity index (χ3n) is 4.17. The van der Waals surface area contributed by atoms with Gasteiger partial charge in [-0.05, 0) is 30.2 Å². The van der Waals surface area contributed by atoms with Gasteiger partial charge in [0.2, 0.25) is 0 Å². The number of hydrogen-bond donors (Lipinski definition) is 1. The minimum atomic E-state index is -0.0239. The molecule has 1 atom stereocenters. The number of hydrogen-bond acceptors (Lipinski definition) is 4. The van der Waals surface area contributed by atoms with Crippen LogP contribution in [0.3, 0.4) is 0 Å². The predicted molar refractivity (Wildman–Crippen MR) is 101 cm³/mol. The van der Waals surface area contributed by atoms with Crippen LogP contribution in [0, 0.1) is 0 Å². The summed E-state index contributed by atoms with van der Waals surface area (Å²) in [7, 11) is 1.67. The minimum Gasteiger partial charge on any atom is -0.497 e. The summed E-state index contributed by atoms with van der Waals surface area (Å²) in [5, 5.41) is 10.6. The highest BCUT2D eigenvalue weighted by molar-refractivity contribution is 7.98. The van der Waals surface area contributed by atoms with Crippen molar-refractivity contribution in [1.29, 1.82) is 0 Å². The molecule has 4 nitrogen and oxygen atoms in total. The molecule has 0 spiro atoms. The third-order valence-corrected chi connectivity index (χ3v) is 5.21. The van der Waals surface area contributed by atoms with Crippen LogP contribution < -0.4 is 4.74 Å². The van der Waals surface area contributed by atoms with Crippen molar-refractivity contribution < 1.29 is 9.84 Å². The van der Waals surface area contributed by atoms with Gasteiger partial charge < -0.3 is 14.4 Å². The first-order valence-electron chi connectivity index (χ1n) is 8.20. The number of imidazole rings is 1. The Bertz CT molecular complexity index is 818. The highest BCUT2D eigenvalue weighted by Crippen LogP contribution is 2.30. The summed E-state index contributed by atoms with van der Waals surface area (Å²) in [4.78, 5) is 4.53. The molecule has 0 saturated carbocycles. The number of aromatic nitrogens is 2. The second kappa shape index (κ2) is 8.23. The Balaban J connectivity index is 1.83. The molecule has 25 heavy (non-hydrogen) atoms. The molecule has 2 aromatic carbocycles. The van der Waals surface area contributed by atoms with Crippen LogP contribution in [-0.4, -0.2) is 21.8 Å². The average Bonchev–Trinajstić information content (AvgIpc) is 3.09. The Kier molecular flexibility index (Phi) is 5.79. The van der Waals surface area contributed by atoms with E-state index < -0.39 is 0 Å². The molecule has 0 bridgehead atoms. The summed E-state index contributed by atoms with van der Waals surface area (Å²) in [6.07, 6.45) is 1.76. The maximum absolute atomic E-state index is 9.69. The van der Waals surface area contributed by atoms with Gasteiger partial charge in [-0.1, -0.05) is 54.2 Å². The lowest BCUT2D eigenvalue weighted by atomic mass is 10.1. The van der Waals surface area contributed by atoms with Crippen LogP contribution in [0.25, 0.3) is 0 Å². The van der Waals surface area contributed by atoms with Crippen molar-refractivity contribution >= 4 is 11.8 Å². The van der Waals surface area contributed by atoms with Crippen molar-refractivity contribution in [2.75, 3.05) is 7.11 Å². The van der Waals surface area contributed by atoms with Gasteiger partial charge in [-0.25, -0.2) is 4.98 Å². The molecular weight excluding hydrogens is 332 g/mol. The molecule has 0 amide bonds. The molecule has 0 aliphatic heterocycles. The zero-order chi connectivity index (χ0) is 17.6. The monoisotopic (exact) mass is 354 g/mol. The second-order valence-electron chi connectivity index (χ2n) is 5.79. The van der Waals surface area contributed by atoms with Gasteiger partial charge in [0.25, 0.3) is 0 Å². The van der Waals surface area contributed by atoms with Crippen LogP contribution in [0.1, 0.15) is 29.8 Å². The number of thioether (sulfide) groups is 1. The Morgan fingerprint density at radius 2 is 1.96 bits per heavy atom. The van der Waals surface area contributed by atoms with Gasteiger partial charge in [-0.2, -0.15) is 0 Å². The standard InChI is InChI=1S/C20H22N2O2S/c1-15(17-8-4-3-5-9-17)22-18(13-23)12-21-20(22)25-14-16-7-6-10-19(11-16)24-2/h3-12,15,23H,13-14H2,1-2H3. The average molecular weight is 354 g/mol. The van der Waals surface area contributed by atoms with Crippen molar-refractivity contribution in [2.45, 2.75) is 30.5 Å². The molecule has 0 aliphatic rings. The van der Waals surface area contributed by atoms with Gasteiger partial charge >= 0.3 is 0 Å². The summed E-state index contributed by atoms with van der Waals surface area (Å²) in [5.41, 5.74) is 3.19. The normalized spacial score (nSPS) is 12.1. The highest BCUT2D eigenvalue weighted by atomic mass is 32.2. The van der Waals surface area contributed by atoms with Crippen molar-refractivity contribution in [2.24, 2.45) is 0 Å². The molecule has 0 fully saturated rings. The van der Waals surface area contributed by atoms with E-state index in [1.165, 1.54) is 11.1 Å². The molecule has 0 aliphatic carbocycles. The SMILES string of the molecule is COc1cccc(CSc2ncc(CO)n2C(C)c2ccccc2)c1. The van der Waals surface area contributed by atoms with Crippen molar-refractivity contribution in [3.63, 3.8) is 0 Å². The number of aliphatic hydroxyl groups excluding tert-OH is 1. The molecule has 5 heteroatoms. The van der Waals surface area contributed by atoms with Gasteiger partial charge in [-0.3, -0.25) is 0 Å². The zero-order valence-electron chi connectivity index (χ0n) is 14.4. The van der Waals surface area contributed by atoms with E-state index in [-0.39, 0.29) is 12.6 Å². The number of rotatable bonds is 7. The summed E-state index contributed by atoms with van der Waals surface area (Å²) in [6, 6.07) is 18.4. The number of ether oxygens (including phenoxy) is 1. The molecule has 1 aromatic heterocycles. The van der Waals surface area contributed by atoms with Crippen LogP contribution in [0.5, 0.6) is 5.75 Å². The van der Waals surface area contributed by atoms with E-state index in [1.54, 1.807) is 25.1 Å². The Hall–Kier alpha value is -2.24. The van der Waals surface area contributed by atoms with E-state index in [0.717, 1.165) is 22.4 Å². The summed E-state index contributed by atoms with van der Waals surface area (Å²) < 4.78 is 7.40. The van der Waals surface area contributed by atoms with Crippen molar-refractivity contribution in [3.8, 4) is 5.75 Å². The predicted octanol–water partition coefficient (Wildman–Crippen LogP) is 4.29. The molecular formula is C20H22N2O2S. The minimum absolute atomic E-state index is 0.0239. The summed E-state index contributed by atoms with van der Waals surface area (Å²) in [6.45, 7) is 2.11. The van der Waals surface area contributed by atoms with E-state index in [0.29, 0.717) is 0 Å². The van der Waals surface area contributed by atoms with E-state index >= 15 is 0 Å². The fraction of sp³-hybridized carbons (Fsp3) is 0.250. The third kappa shape index (κ3) is 4.06. The van der Waals surface area contributed by atoms with Gasteiger partial charge in [0.05, 0.1) is 31.6 Å². The first kappa shape index (κ1) is 17.6. The molecule has 0 radical (unpaired) electrons. The van der Waals surface area contributed by atoms with Gasteiger partial charge in [0, 0.05) is 5.75 Å². The molecule has 1 unspecified atom stereocenters. The Morgan fingerprint density at radius 3 is 2.68 bits per heavy atom. The van der Waals surface area contributed by atoms with Crippen LogP contribution in [0.4, 0.5) is 0 Å². The molecule has 0 saturated heterocycles. The quantitative estimate of drug-likeness (QED) is 0.643. The van der Waals surface area contributed by atoms with E-state index in [4.69, 9.17) is 4.74 Å². The van der Waals surface area contributed by atoms with Crippen molar-refractivity contribution in [3.05, 3.63) is 77.6 Å². The maximum Gasteiger partial charge on any atom is 0.169 e. The number of benzene rings is 2. The van der Waals surface area contributed by atoms with Gasteiger partial charge in [0.15, 0.2) is 5.16 Å². The number of nitrogens with zero attached hydrogens (tertiary/aromatic N) is 2. The summed E-state index contributed by atoms with van der Waals surface area (Å²) >= 11 is 1.66. The maximum atomic E-state index is 9.69. The van der Waals surface area contributed by atoms with E-state index in [9.17, 15) is 5.11 Å². The number of aliphatic hydroxyl groups is 1. The van der Waals surface area contributed by atoms with Crippen LogP contribution >= 0.6 is 11.8 Å². The lowest BCUT2D eigenvalue weighted by molar-refractivity contribution is 0.267. The fourth-order valence-corrected chi connectivity index (χ4v) is 3.82. The van der Waals surface area contributed by atoms with Crippen LogP contribution in [0.2, 0.25) is 0 Å². The van der Waals surface area contributed by atoms with Gasteiger partial charge in [-0.15, -0.1) is 0 Å². The van der Waals surface area contributed by atoms with E-state index in [1.807, 2.05) is 36.4 Å². The smallest absolute Gasteiger partial charge is 0.169 e. The first-order chi connectivity index (χ1) is 12.2. The molecule has 1 N–H and O–H groups in total. The fourth-order valence-electron chi connectivity index (χ4n) is 2.81. The largest absolute Gasteiger partial charge is 0.497 e. The molecule has 3 aromatic rings. The van der Waals surface area contributed by atoms with Crippen LogP contribution in [0.15, 0.2) is 66.0 Å². The highest BCUT2D eigenvalue weighted by Gasteiger charge is 2.17. The van der Waals surface area contributed by atoms with Crippen molar-refractivity contribution in [1.82, 2.24) is 9.55 Å². The summed E-state index contributed by atoms with van der Waals surface area (Å²) in [5.74, 6) is 1.65. The first-order valence-corrected chi connectivity index (χ1v) is 9.19. The molecule has 130 valence electrons. The van der Waals surface area contributed by atoms with E-state index in [2.05, 4.69) is 34.7 Å². The van der Waals surface area contributed by atoms with Gasteiger partial charge in [0.1, 0.15) is 5.75 Å². The molecule has 3 rings (SSSR count). The zero-order valence-corrected chi connectivity index (χ0v) is 15.2. The Labute approximate surface area is 152 Å².